The van der Waals surface area contributed by atoms with Gasteiger partial charge >= 0.3 is 5.97 Å². The summed E-state index contributed by atoms with van der Waals surface area (Å²) >= 11 is 0. The molecule has 2 heterocycles. The van der Waals surface area contributed by atoms with Crippen LogP contribution in [0.5, 0.6) is 0 Å². The molecule has 0 spiro atoms. The molecular formula is C18H19N3O3. The number of aromatic nitrogens is 3. The van der Waals surface area contributed by atoms with E-state index in [1.165, 1.54) is 0 Å². The highest BCUT2D eigenvalue weighted by Gasteiger charge is 2.17. The number of rotatable bonds is 5. The lowest BCUT2D eigenvalue weighted by atomic mass is 10.1. The molecule has 6 heteroatoms. The summed E-state index contributed by atoms with van der Waals surface area (Å²) in [5, 5.41) is 8.34. The summed E-state index contributed by atoms with van der Waals surface area (Å²) in [7, 11) is 0. The van der Waals surface area contributed by atoms with Crippen molar-refractivity contribution < 1.29 is 14.1 Å². The van der Waals surface area contributed by atoms with Crippen LogP contribution in [0, 0.1) is 20.8 Å². The van der Waals surface area contributed by atoms with Crippen LogP contribution in [-0.4, -0.2) is 20.9 Å². The minimum atomic E-state index is -0.311. The molecule has 0 saturated carbocycles. The number of aryl methyl sites for hydroxylation is 2. The van der Waals surface area contributed by atoms with Gasteiger partial charge in [0.05, 0.1) is 17.8 Å². The quantitative estimate of drug-likeness (QED) is 0.674. The van der Waals surface area contributed by atoms with Crippen molar-refractivity contribution in [2.45, 2.75) is 33.8 Å². The van der Waals surface area contributed by atoms with Crippen LogP contribution in [0.25, 0.3) is 5.69 Å². The standard InChI is InChI=1S/C18H19N3O3/c1-12-9-15(20-24-12)11-23-18(22)10-17-13(2)19-21(14(17)3)16-7-5-4-6-8-16/h4-9H,10-11H2,1-3H3. The Morgan fingerprint density at radius 2 is 1.96 bits per heavy atom. The number of ether oxygens (including phenoxy) is 1. The zero-order chi connectivity index (χ0) is 17.1. The normalized spacial score (nSPS) is 10.8. The Bertz CT molecular complexity index is 850. The third-order valence-electron chi connectivity index (χ3n) is 3.82. The fourth-order valence-electron chi connectivity index (χ4n) is 2.59. The van der Waals surface area contributed by atoms with Gasteiger partial charge in [0.1, 0.15) is 18.1 Å². The maximum Gasteiger partial charge on any atom is 0.310 e. The minimum Gasteiger partial charge on any atom is -0.459 e. The van der Waals surface area contributed by atoms with E-state index in [0.717, 1.165) is 22.6 Å². The van der Waals surface area contributed by atoms with E-state index in [0.29, 0.717) is 11.5 Å². The molecule has 24 heavy (non-hydrogen) atoms. The molecule has 3 aromatic rings. The molecule has 0 bridgehead atoms. The monoisotopic (exact) mass is 325 g/mol. The summed E-state index contributed by atoms with van der Waals surface area (Å²) in [5.41, 5.74) is 4.23. The van der Waals surface area contributed by atoms with Gasteiger partial charge in [0.25, 0.3) is 0 Å². The summed E-state index contributed by atoms with van der Waals surface area (Å²) < 4.78 is 12.1. The maximum atomic E-state index is 12.1. The summed E-state index contributed by atoms with van der Waals surface area (Å²) in [4.78, 5) is 12.1. The maximum absolute atomic E-state index is 12.1. The Morgan fingerprint density at radius 1 is 1.21 bits per heavy atom. The first-order valence-electron chi connectivity index (χ1n) is 7.73. The number of hydrogen-bond acceptors (Lipinski definition) is 5. The van der Waals surface area contributed by atoms with Gasteiger partial charge in [-0.1, -0.05) is 23.4 Å². The Morgan fingerprint density at radius 3 is 2.62 bits per heavy atom. The molecule has 2 aromatic heterocycles. The number of hydrogen-bond donors (Lipinski definition) is 0. The van der Waals surface area contributed by atoms with Gasteiger partial charge in [-0.2, -0.15) is 5.10 Å². The fourth-order valence-corrected chi connectivity index (χ4v) is 2.59. The number of para-hydroxylation sites is 1. The van der Waals surface area contributed by atoms with Crippen molar-refractivity contribution in [1.29, 1.82) is 0 Å². The van der Waals surface area contributed by atoms with Gasteiger partial charge in [-0.3, -0.25) is 4.79 Å². The van der Waals surface area contributed by atoms with Gasteiger partial charge in [0.15, 0.2) is 0 Å². The topological polar surface area (TPSA) is 70.2 Å². The lowest BCUT2D eigenvalue weighted by Crippen LogP contribution is -2.09. The molecule has 0 fully saturated rings. The van der Waals surface area contributed by atoms with E-state index < -0.39 is 0 Å². The van der Waals surface area contributed by atoms with Gasteiger partial charge < -0.3 is 9.26 Å². The number of carbonyl (C=O) groups excluding carboxylic acids is 1. The molecule has 0 saturated heterocycles. The van der Waals surface area contributed by atoms with Crippen molar-refractivity contribution >= 4 is 5.97 Å². The van der Waals surface area contributed by atoms with E-state index >= 15 is 0 Å². The zero-order valence-corrected chi connectivity index (χ0v) is 13.9. The minimum absolute atomic E-state index is 0.112. The molecular weight excluding hydrogens is 306 g/mol. The van der Waals surface area contributed by atoms with Crippen LogP contribution in [0.1, 0.15) is 28.4 Å². The molecule has 1 aromatic carbocycles. The number of carbonyl (C=O) groups is 1. The largest absolute Gasteiger partial charge is 0.459 e. The van der Waals surface area contributed by atoms with Crippen molar-refractivity contribution in [2.24, 2.45) is 0 Å². The Labute approximate surface area is 140 Å². The van der Waals surface area contributed by atoms with Gasteiger partial charge in [0, 0.05) is 17.3 Å². The highest BCUT2D eigenvalue weighted by molar-refractivity contribution is 5.73. The fraction of sp³-hybridized carbons (Fsp3) is 0.278. The first kappa shape index (κ1) is 16.0. The van der Waals surface area contributed by atoms with Crippen LogP contribution in [0.4, 0.5) is 0 Å². The molecule has 0 aliphatic carbocycles. The highest BCUT2D eigenvalue weighted by atomic mass is 16.5. The molecule has 0 N–H and O–H groups in total. The van der Waals surface area contributed by atoms with Crippen molar-refractivity contribution in [1.82, 2.24) is 14.9 Å². The summed E-state index contributed by atoms with van der Waals surface area (Å²) in [6, 6.07) is 11.6. The van der Waals surface area contributed by atoms with E-state index in [1.54, 1.807) is 13.0 Å². The summed E-state index contributed by atoms with van der Waals surface area (Å²) in [5.74, 6) is 0.381. The van der Waals surface area contributed by atoms with E-state index in [2.05, 4.69) is 10.3 Å². The smallest absolute Gasteiger partial charge is 0.310 e. The molecule has 0 aliphatic heterocycles. The Hall–Kier alpha value is -2.89. The lowest BCUT2D eigenvalue weighted by molar-refractivity contribution is -0.144. The third kappa shape index (κ3) is 3.37. The molecule has 0 unspecified atom stereocenters. The van der Waals surface area contributed by atoms with Crippen LogP contribution in [0.15, 0.2) is 40.9 Å². The van der Waals surface area contributed by atoms with Crippen LogP contribution in [0.3, 0.4) is 0 Å². The number of nitrogens with zero attached hydrogens (tertiary/aromatic N) is 3. The van der Waals surface area contributed by atoms with Crippen LogP contribution >= 0.6 is 0 Å². The number of esters is 1. The predicted molar refractivity (Wildman–Crippen MR) is 87.8 cm³/mol. The molecule has 6 nitrogen and oxygen atoms in total. The highest BCUT2D eigenvalue weighted by Crippen LogP contribution is 2.19. The third-order valence-corrected chi connectivity index (χ3v) is 3.82. The van der Waals surface area contributed by atoms with Gasteiger partial charge in [-0.25, -0.2) is 4.68 Å². The first-order valence-corrected chi connectivity index (χ1v) is 7.73. The van der Waals surface area contributed by atoms with Crippen molar-refractivity contribution in [3.63, 3.8) is 0 Å². The second-order valence-corrected chi connectivity index (χ2v) is 5.66. The van der Waals surface area contributed by atoms with Gasteiger partial charge in [-0.15, -0.1) is 0 Å². The van der Waals surface area contributed by atoms with E-state index in [1.807, 2.05) is 48.9 Å². The lowest BCUT2D eigenvalue weighted by Gasteiger charge is -2.05. The Kier molecular flexibility index (Phi) is 4.46. The molecule has 0 atom stereocenters. The van der Waals surface area contributed by atoms with Crippen LogP contribution in [-0.2, 0) is 22.6 Å². The molecule has 124 valence electrons. The summed E-state index contributed by atoms with van der Waals surface area (Å²) in [6.45, 7) is 5.76. The molecule has 3 rings (SSSR count). The second kappa shape index (κ2) is 6.70. The molecule has 0 amide bonds. The second-order valence-electron chi connectivity index (χ2n) is 5.66. The Balaban J connectivity index is 1.71. The van der Waals surface area contributed by atoms with Crippen LogP contribution in [0.2, 0.25) is 0 Å². The van der Waals surface area contributed by atoms with E-state index in [4.69, 9.17) is 9.26 Å². The average molecular weight is 325 g/mol. The molecule has 0 radical (unpaired) electrons. The summed E-state index contributed by atoms with van der Waals surface area (Å²) in [6.07, 6.45) is 0.182. The van der Waals surface area contributed by atoms with Crippen LogP contribution < -0.4 is 0 Å². The first-order chi connectivity index (χ1) is 11.5. The van der Waals surface area contributed by atoms with E-state index in [-0.39, 0.29) is 19.0 Å². The van der Waals surface area contributed by atoms with Crippen molar-refractivity contribution in [3.05, 3.63) is 64.8 Å². The molecule has 0 aliphatic rings. The van der Waals surface area contributed by atoms with Crippen molar-refractivity contribution in [3.8, 4) is 5.69 Å². The SMILES string of the molecule is Cc1cc(COC(=O)Cc2c(C)nn(-c3ccccc3)c2C)no1. The predicted octanol–water partition coefficient (Wildman–Crippen LogP) is 3.07. The van der Waals surface area contributed by atoms with E-state index in [9.17, 15) is 4.79 Å². The van der Waals surface area contributed by atoms with Crippen molar-refractivity contribution in [2.75, 3.05) is 0 Å². The average Bonchev–Trinajstić information content (AvgIpc) is 3.12. The van der Waals surface area contributed by atoms with Gasteiger partial charge in [-0.05, 0) is 32.9 Å². The zero-order valence-electron chi connectivity index (χ0n) is 13.9. The van der Waals surface area contributed by atoms with Gasteiger partial charge in [0.2, 0.25) is 0 Å². The number of benzene rings is 1.